The van der Waals surface area contributed by atoms with E-state index in [1.807, 2.05) is 12.1 Å². The van der Waals surface area contributed by atoms with Gasteiger partial charge >= 0.3 is 5.97 Å². The number of aliphatic imine (C=N–C) groups is 1. The lowest BCUT2D eigenvalue weighted by atomic mass is 10.2. The molecular weight excluding hydrogens is 505 g/mol. The second kappa shape index (κ2) is 12.2. The Balaban J connectivity index is 0.00000450. The predicted molar refractivity (Wildman–Crippen MR) is 123 cm³/mol. The highest BCUT2D eigenvalue weighted by Crippen LogP contribution is 2.38. The van der Waals surface area contributed by atoms with Gasteiger partial charge in [0.1, 0.15) is 17.1 Å². The Morgan fingerprint density at radius 1 is 1.00 bits per heavy atom. The molecule has 0 radical (unpaired) electrons. The lowest BCUT2D eigenvalue weighted by Gasteiger charge is -2.15. The van der Waals surface area contributed by atoms with Crippen molar-refractivity contribution in [3.05, 3.63) is 40.8 Å². The first-order valence-corrected chi connectivity index (χ1v) is 8.88. The summed E-state index contributed by atoms with van der Waals surface area (Å²) in [7, 11) is 7.71. The fraction of sp³-hybridized carbons (Fsp3) is 0.400. The first-order valence-electron chi connectivity index (χ1n) is 8.88. The van der Waals surface area contributed by atoms with Gasteiger partial charge in [-0.3, -0.25) is 4.99 Å². The van der Waals surface area contributed by atoms with Crippen molar-refractivity contribution < 1.29 is 28.2 Å². The van der Waals surface area contributed by atoms with Gasteiger partial charge in [0.15, 0.2) is 17.5 Å². The maximum absolute atomic E-state index is 11.7. The second-order valence-electron chi connectivity index (χ2n) is 5.99. The monoisotopic (exact) mass is 533 g/mol. The number of rotatable bonds is 8. The maximum Gasteiger partial charge on any atom is 0.341 e. The van der Waals surface area contributed by atoms with Gasteiger partial charge in [0.05, 0.1) is 35.0 Å². The van der Waals surface area contributed by atoms with E-state index < -0.39 is 5.97 Å². The molecule has 0 saturated heterocycles. The van der Waals surface area contributed by atoms with Gasteiger partial charge in [-0.05, 0) is 30.7 Å². The summed E-state index contributed by atoms with van der Waals surface area (Å²) in [6.07, 6.45) is 0. The average Bonchev–Trinajstić information content (AvgIpc) is 3.12. The topological polar surface area (TPSA) is 104 Å². The zero-order valence-corrected chi connectivity index (χ0v) is 20.3. The van der Waals surface area contributed by atoms with Gasteiger partial charge in [-0.2, -0.15) is 0 Å². The van der Waals surface area contributed by atoms with E-state index in [4.69, 9.17) is 23.4 Å². The minimum Gasteiger partial charge on any atom is -0.493 e. The van der Waals surface area contributed by atoms with Crippen LogP contribution in [0.15, 0.2) is 27.6 Å². The molecule has 0 spiro atoms. The van der Waals surface area contributed by atoms with Gasteiger partial charge in [0, 0.05) is 13.6 Å². The van der Waals surface area contributed by atoms with Crippen molar-refractivity contribution in [2.45, 2.75) is 20.0 Å². The van der Waals surface area contributed by atoms with Gasteiger partial charge in [-0.15, -0.1) is 24.0 Å². The summed E-state index contributed by atoms with van der Waals surface area (Å²) in [5, 5.41) is 6.34. The van der Waals surface area contributed by atoms with Crippen LogP contribution in [-0.4, -0.2) is 47.4 Å². The molecule has 0 unspecified atom stereocenters. The Labute approximate surface area is 193 Å². The van der Waals surface area contributed by atoms with Gasteiger partial charge in [0.25, 0.3) is 0 Å². The number of methoxy groups -OCH3 is 4. The number of furan rings is 1. The van der Waals surface area contributed by atoms with Crippen LogP contribution in [0.5, 0.6) is 17.2 Å². The first kappa shape index (κ1) is 25.4. The Morgan fingerprint density at radius 2 is 1.60 bits per heavy atom. The standard InChI is InChI=1S/C20H27N3O6.HI/c1-12-15(19(24)28-6)9-14(29-12)11-23-20(21-2)22-10-13-7-16(25-3)18(27-5)17(8-13)26-4;/h7-9H,10-11H2,1-6H3,(H2,21,22,23);1H. The molecule has 1 aromatic heterocycles. The molecule has 30 heavy (non-hydrogen) atoms. The highest BCUT2D eigenvalue weighted by atomic mass is 127. The van der Waals surface area contributed by atoms with Crippen molar-refractivity contribution in [1.29, 1.82) is 0 Å². The van der Waals surface area contributed by atoms with Crippen LogP contribution in [0.25, 0.3) is 0 Å². The number of hydrogen-bond donors (Lipinski definition) is 2. The molecular formula is C20H28IN3O6. The summed E-state index contributed by atoms with van der Waals surface area (Å²) >= 11 is 0. The van der Waals surface area contributed by atoms with E-state index in [1.165, 1.54) is 7.11 Å². The van der Waals surface area contributed by atoms with Crippen LogP contribution in [0.2, 0.25) is 0 Å². The van der Waals surface area contributed by atoms with Crippen LogP contribution in [0.1, 0.15) is 27.4 Å². The van der Waals surface area contributed by atoms with Crippen molar-refractivity contribution in [2.75, 3.05) is 35.5 Å². The van der Waals surface area contributed by atoms with Crippen LogP contribution in [0, 0.1) is 6.92 Å². The minimum atomic E-state index is -0.428. The van der Waals surface area contributed by atoms with E-state index in [0.717, 1.165) is 5.56 Å². The molecule has 0 aliphatic heterocycles. The van der Waals surface area contributed by atoms with Crippen molar-refractivity contribution >= 4 is 35.9 Å². The fourth-order valence-electron chi connectivity index (χ4n) is 2.76. The SMILES string of the molecule is CN=C(NCc1cc(OC)c(OC)c(OC)c1)NCc1cc(C(=O)OC)c(C)o1.I. The summed E-state index contributed by atoms with van der Waals surface area (Å²) in [5.41, 5.74) is 1.33. The summed E-state index contributed by atoms with van der Waals surface area (Å²) < 4.78 is 26.4. The van der Waals surface area contributed by atoms with E-state index >= 15 is 0 Å². The van der Waals surface area contributed by atoms with E-state index in [-0.39, 0.29) is 24.0 Å². The number of nitrogens with zero attached hydrogens (tertiary/aromatic N) is 1. The molecule has 0 aliphatic carbocycles. The van der Waals surface area contributed by atoms with Crippen LogP contribution in [0.3, 0.4) is 0 Å². The molecule has 1 heterocycles. The summed E-state index contributed by atoms with van der Waals surface area (Å²) in [5.74, 6) is 2.93. The van der Waals surface area contributed by atoms with Crippen LogP contribution >= 0.6 is 24.0 Å². The molecule has 0 bridgehead atoms. The number of halogens is 1. The van der Waals surface area contributed by atoms with E-state index in [1.54, 1.807) is 41.4 Å². The smallest absolute Gasteiger partial charge is 0.341 e. The Hall–Kier alpha value is -2.63. The van der Waals surface area contributed by atoms with E-state index in [0.29, 0.717) is 53.4 Å². The molecule has 1 aromatic carbocycles. The molecule has 2 N–H and O–H groups in total. The third-order valence-electron chi connectivity index (χ3n) is 4.21. The Morgan fingerprint density at radius 3 is 2.10 bits per heavy atom. The third kappa shape index (κ3) is 6.18. The van der Waals surface area contributed by atoms with Gasteiger partial charge in [0.2, 0.25) is 5.75 Å². The number of hydrogen-bond acceptors (Lipinski definition) is 7. The van der Waals surface area contributed by atoms with Gasteiger partial charge in [-0.25, -0.2) is 4.79 Å². The molecule has 166 valence electrons. The second-order valence-corrected chi connectivity index (χ2v) is 5.99. The van der Waals surface area contributed by atoms with Crippen LogP contribution < -0.4 is 24.8 Å². The summed E-state index contributed by atoms with van der Waals surface area (Å²) in [6.45, 7) is 2.54. The van der Waals surface area contributed by atoms with Crippen molar-refractivity contribution in [3.63, 3.8) is 0 Å². The normalized spacial score (nSPS) is 10.7. The Kier molecular flexibility index (Phi) is 10.3. The molecule has 0 atom stereocenters. The fourth-order valence-corrected chi connectivity index (χ4v) is 2.76. The van der Waals surface area contributed by atoms with E-state index in [9.17, 15) is 4.79 Å². The minimum absolute atomic E-state index is 0. The zero-order chi connectivity index (χ0) is 21.4. The summed E-state index contributed by atoms with van der Waals surface area (Å²) in [4.78, 5) is 15.9. The zero-order valence-electron chi connectivity index (χ0n) is 18.0. The molecule has 0 amide bonds. The largest absolute Gasteiger partial charge is 0.493 e. The summed E-state index contributed by atoms with van der Waals surface area (Å²) in [6, 6.07) is 5.38. The lowest BCUT2D eigenvalue weighted by molar-refractivity contribution is 0.0599. The maximum atomic E-state index is 11.7. The van der Waals surface area contributed by atoms with E-state index in [2.05, 4.69) is 15.6 Å². The third-order valence-corrected chi connectivity index (χ3v) is 4.21. The molecule has 0 saturated carbocycles. The Bertz CT molecular complexity index is 856. The highest BCUT2D eigenvalue weighted by Gasteiger charge is 2.16. The molecule has 0 fully saturated rings. The van der Waals surface area contributed by atoms with Crippen molar-refractivity contribution in [1.82, 2.24) is 10.6 Å². The van der Waals surface area contributed by atoms with Crippen molar-refractivity contribution in [2.24, 2.45) is 4.99 Å². The van der Waals surface area contributed by atoms with Crippen LogP contribution in [-0.2, 0) is 17.8 Å². The molecule has 9 nitrogen and oxygen atoms in total. The number of carbonyl (C=O) groups excluding carboxylic acids is 1. The van der Waals surface area contributed by atoms with Gasteiger partial charge < -0.3 is 34.0 Å². The highest BCUT2D eigenvalue weighted by molar-refractivity contribution is 14.0. The lowest BCUT2D eigenvalue weighted by Crippen LogP contribution is -2.36. The number of nitrogens with one attached hydrogen (secondary N) is 2. The number of aryl methyl sites for hydroxylation is 1. The molecule has 2 aromatic rings. The molecule has 0 aliphatic rings. The van der Waals surface area contributed by atoms with Crippen LogP contribution in [0.4, 0.5) is 0 Å². The molecule has 10 heteroatoms. The predicted octanol–water partition coefficient (Wildman–Crippen LogP) is 2.88. The number of carbonyl (C=O) groups is 1. The number of ether oxygens (including phenoxy) is 4. The first-order chi connectivity index (χ1) is 14.0. The quantitative estimate of drug-likeness (QED) is 0.231. The number of benzene rings is 1. The van der Waals surface area contributed by atoms with Gasteiger partial charge in [-0.1, -0.05) is 0 Å². The average molecular weight is 533 g/mol. The number of guanidine groups is 1. The number of esters is 1. The van der Waals surface area contributed by atoms with Crippen molar-refractivity contribution in [3.8, 4) is 17.2 Å². The molecule has 2 rings (SSSR count).